The Morgan fingerprint density at radius 2 is 2.30 bits per heavy atom. The molecule has 0 aliphatic heterocycles. The Balaban J connectivity index is 3.42. The summed E-state index contributed by atoms with van der Waals surface area (Å²) in [7, 11) is 0. The highest BCUT2D eigenvalue weighted by Crippen LogP contribution is 2.02. The molecule has 0 atom stereocenters. The first-order valence-corrected chi connectivity index (χ1v) is 2.67. The fourth-order valence-corrected chi connectivity index (χ4v) is 0.568. The van der Waals surface area contributed by atoms with E-state index in [9.17, 15) is 4.79 Å². The average Bonchev–Trinajstić information content (AvgIpc) is 1.95. The summed E-state index contributed by atoms with van der Waals surface area (Å²) in [4.78, 5) is 10.8. The van der Waals surface area contributed by atoms with Gasteiger partial charge < -0.3 is 9.52 Å². The van der Waals surface area contributed by atoms with Gasteiger partial charge in [0.2, 0.25) is 5.43 Å². The Bertz CT molecular complexity index is 298. The molecule has 1 N–H and O–H groups in total. The van der Waals surface area contributed by atoms with Gasteiger partial charge in [-0.15, -0.1) is 0 Å². The van der Waals surface area contributed by atoms with Crippen molar-refractivity contribution in [3.05, 3.63) is 34.9 Å². The predicted octanol–water partition coefficient (Wildman–Crippen LogP) is 0.988. The van der Waals surface area contributed by atoms with E-state index in [2.05, 4.69) is 11.0 Å². The van der Waals surface area contributed by atoms with Crippen LogP contribution in [-0.2, 0) is 0 Å². The van der Waals surface area contributed by atoms with Gasteiger partial charge in [-0.05, 0) is 0 Å². The van der Waals surface area contributed by atoms with E-state index in [1.54, 1.807) is 0 Å². The number of hydrogen-bond acceptors (Lipinski definition) is 3. The summed E-state index contributed by atoms with van der Waals surface area (Å²) in [6.07, 6.45) is 3.54. The van der Waals surface area contributed by atoms with Crippen LogP contribution in [-0.4, -0.2) is 5.11 Å². The lowest BCUT2D eigenvalue weighted by Crippen LogP contribution is -2.01. The monoisotopic (exact) mass is 138 g/mol. The van der Waals surface area contributed by atoms with E-state index in [-0.39, 0.29) is 5.56 Å². The van der Waals surface area contributed by atoms with Crippen molar-refractivity contribution in [3.8, 4) is 5.75 Å². The third-order valence-corrected chi connectivity index (χ3v) is 1.09. The van der Waals surface area contributed by atoms with Crippen LogP contribution < -0.4 is 5.43 Å². The molecule has 0 bridgehead atoms. The molecule has 0 saturated carbocycles. The minimum Gasteiger partial charge on any atom is -0.502 e. The van der Waals surface area contributed by atoms with Crippen molar-refractivity contribution in [2.75, 3.05) is 0 Å². The molecule has 52 valence electrons. The minimum absolute atomic E-state index is 0.264. The highest BCUT2D eigenvalue weighted by atomic mass is 16.3. The maximum Gasteiger partial charge on any atom is 0.233 e. The lowest BCUT2D eigenvalue weighted by Gasteiger charge is -1.90. The van der Waals surface area contributed by atoms with Crippen LogP contribution in [0.4, 0.5) is 0 Å². The highest BCUT2D eigenvalue weighted by Gasteiger charge is 1.99. The molecule has 1 heterocycles. The van der Waals surface area contributed by atoms with Crippen LogP contribution in [0.2, 0.25) is 0 Å². The Morgan fingerprint density at radius 3 is 2.80 bits per heavy atom. The van der Waals surface area contributed by atoms with Crippen LogP contribution in [0.15, 0.2) is 28.3 Å². The third-order valence-electron chi connectivity index (χ3n) is 1.09. The SMILES string of the molecule is C=Cc1cocc(O)c1=O. The van der Waals surface area contributed by atoms with Crippen molar-refractivity contribution in [2.24, 2.45) is 0 Å². The Morgan fingerprint density at radius 1 is 1.60 bits per heavy atom. The van der Waals surface area contributed by atoms with E-state index in [0.29, 0.717) is 0 Å². The van der Waals surface area contributed by atoms with E-state index in [4.69, 9.17) is 5.11 Å². The van der Waals surface area contributed by atoms with E-state index in [1.807, 2.05) is 0 Å². The fourth-order valence-electron chi connectivity index (χ4n) is 0.568. The molecule has 3 nitrogen and oxygen atoms in total. The average molecular weight is 138 g/mol. The van der Waals surface area contributed by atoms with Crippen LogP contribution in [0.3, 0.4) is 0 Å². The molecule has 3 heteroatoms. The second kappa shape index (κ2) is 2.39. The summed E-state index contributed by atoms with van der Waals surface area (Å²) in [6.45, 7) is 3.36. The van der Waals surface area contributed by atoms with Crippen molar-refractivity contribution >= 4 is 6.08 Å². The zero-order valence-corrected chi connectivity index (χ0v) is 5.20. The van der Waals surface area contributed by atoms with Crippen LogP contribution in [0.25, 0.3) is 6.08 Å². The summed E-state index contributed by atoms with van der Waals surface area (Å²) >= 11 is 0. The zero-order valence-electron chi connectivity index (χ0n) is 5.20. The topological polar surface area (TPSA) is 50.4 Å². The Labute approximate surface area is 57.2 Å². The van der Waals surface area contributed by atoms with Gasteiger partial charge in [0.1, 0.15) is 12.5 Å². The first-order valence-electron chi connectivity index (χ1n) is 2.67. The Kier molecular flexibility index (Phi) is 1.58. The van der Waals surface area contributed by atoms with Gasteiger partial charge in [0.05, 0.1) is 5.56 Å². The highest BCUT2D eigenvalue weighted by molar-refractivity contribution is 5.46. The molecule has 0 fully saturated rings. The summed E-state index contributed by atoms with van der Waals surface area (Å²) in [6, 6.07) is 0. The minimum atomic E-state index is -0.457. The van der Waals surface area contributed by atoms with Crippen LogP contribution in [0, 0.1) is 0 Å². The first kappa shape index (κ1) is 6.61. The number of hydrogen-bond donors (Lipinski definition) is 1. The van der Waals surface area contributed by atoms with Crippen LogP contribution in [0.1, 0.15) is 5.56 Å². The van der Waals surface area contributed by atoms with Gasteiger partial charge in [-0.3, -0.25) is 4.79 Å². The molecule has 1 rings (SSSR count). The van der Waals surface area contributed by atoms with Gasteiger partial charge in [-0.2, -0.15) is 0 Å². The second-order valence-corrected chi connectivity index (χ2v) is 1.75. The second-order valence-electron chi connectivity index (χ2n) is 1.75. The van der Waals surface area contributed by atoms with Crippen molar-refractivity contribution < 1.29 is 9.52 Å². The number of aromatic hydroxyl groups is 1. The van der Waals surface area contributed by atoms with Gasteiger partial charge in [0.25, 0.3) is 0 Å². The molecule has 0 aliphatic rings. The largest absolute Gasteiger partial charge is 0.502 e. The van der Waals surface area contributed by atoms with Crippen molar-refractivity contribution in [1.82, 2.24) is 0 Å². The zero-order chi connectivity index (χ0) is 7.56. The van der Waals surface area contributed by atoms with E-state index in [0.717, 1.165) is 6.26 Å². The molecular formula is C7H6O3. The van der Waals surface area contributed by atoms with Crippen LogP contribution >= 0.6 is 0 Å². The van der Waals surface area contributed by atoms with Gasteiger partial charge >= 0.3 is 0 Å². The molecular weight excluding hydrogens is 132 g/mol. The summed E-state index contributed by atoms with van der Waals surface area (Å²) in [5.74, 6) is -0.391. The van der Waals surface area contributed by atoms with Crippen LogP contribution in [0.5, 0.6) is 5.75 Å². The Hall–Kier alpha value is -1.51. The first-order chi connectivity index (χ1) is 4.75. The van der Waals surface area contributed by atoms with Gasteiger partial charge in [0.15, 0.2) is 5.75 Å². The molecule has 0 aliphatic carbocycles. The fraction of sp³-hybridized carbons (Fsp3) is 0. The van der Waals surface area contributed by atoms with Gasteiger partial charge in [-0.1, -0.05) is 12.7 Å². The summed E-state index contributed by atoms with van der Waals surface area (Å²) in [5, 5.41) is 8.78. The molecule has 0 amide bonds. The van der Waals surface area contributed by atoms with Crippen molar-refractivity contribution in [3.63, 3.8) is 0 Å². The standard InChI is InChI=1S/C7H6O3/c1-2-5-3-10-4-6(8)7(5)9/h2-4,8H,1H2. The number of rotatable bonds is 1. The van der Waals surface area contributed by atoms with Crippen molar-refractivity contribution in [1.29, 1.82) is 0 Å². The van der Waals surface area contributed by atoms with Gasteiger partial charge in [0, 0.05) is 0 Å². The molecule has 0 spiro atoms. The van der Waals surface area contributed by atoms with Crippen molar-refractivity contribution in [2.45, 2.75) is 0 Å². The normalized spacial score (nSPS) is 9.20. The van der Waals surface area contributed by atoms with E-state index in [1.165, 1.54) is 12.3 Å². The molecule has 0 radical (unpaired) electrons. The molecule has 10 heavy (non-hydrogen) atoms. The third kappa shape index (κ3) is 0.932. The van der Waals surface area contributed by atoms with E-state index >= 15 is 0 Å². The lowest BCUT2D eigenvalue weighted by molar-refractivity contribution is 0.429. The predicted molar refractivity (Wildman–Crippen MR) is 36.7 cm³/mol. The maximum atomic E-state index is 10.8. The smallest absolute Gasteiger partial charge is 0.233 e. The molecule has 1 aromatic rings. The summed E-state index contributed by atoms with van der Waals surface area (Å²) < 4.78 is 4.59. The van der Waals surface area contributed by atoms with E-state index < -0.39 is 11.2 Å². The molecule has 1 aromatic heterocycles. The molecule has 0 unspecified atom stereocenters. The lowest BCUT2D eigenvalue weighted by atomic mass is 10.3. The van der Waals surface area contributed by atoms with Gasteiger partial charge in [-0.25, -0.2) is 0 Å². The molecule has 0 aromatic carbocycles. The summed E-state index contributed by atoms with van der Waals surface area (Å²) in [5.41, 5.74) is -0.193. The maximum absolute atomic E-state index is 10.8. The molecule has 0 saturated heterocycles. The quantitative estimate of drug-likeness (QED) is 0.629.